The van der Waals surface area contributed by atoms with Crippen molar-refractivity contribution < 1.29 is 7.06 Å². The summed E-state index contributed by atoms with van der Waals surface area (Å²) in [5.74, 6) is 1.67. The van der Waals surface area contributed by atoms with Gasteiger partial charge in [-0.05, 0) is 0 Å². The van der Waals surface area contributed by atoms with Gasteiger partial charge < -0.3 is 0 Å². The monoisotopic (exact) mass is 354 g/mol. The molecule has 22 heavy (non-hydrogen) atoms. The van der Waals surface area contributed by atoms with Gasteiger partial charge in [-0.3, -0.25) is 0 Å². The van der Waals surface area contributed by atoms with Crippen LogP contribution >= 0.6 is 0 Å². The van der Waals surface area contributed by atoms with Crippen molar-refractivity contribution in [3.63, 3.8) is 0 Å². The van der Waals surface area contributed by atoms with Crippen molar-refractivity contribution in [2.75, 3.05) is 0 Å². The van der Waals surface area contributed by atoms with Gasteiger partial charge in [0.2, 0.25) is 0 Å². The van der Waals surface area contributed by atoms with Crippen molar-refractivity contribution >= 4 is 17.2 Å². The second-order valence-electron chi connectivity index (χ2n) is 6.79. The Labute approximate surface area is 138 Å². The van der Waals surface area contributed by atoms with E-state index in [2.05, 4.69) is 16.6 Å². The summed E-state index contributed by atoms with van der Waals surface area (Å²) in [6.07, 6.45) is 6.90. The van der Waals surface area contributed by atoms with Crippen LogP contribution in [-0.2, 0) is 3.53 Å². The standard InChI is InChI=1S/C10H17NO.C7H5NO.Ga/c1-7-5-6-8-3-2-4-9(12)10(8)11-7;8-5-6-1-3-7(9)4-2-6;/h7-10H,2-6H2,1H3;1-4,9H;/q-2;;+3/p-1. The molecule has 1 aromatic rings. The molecular weight excluding hydrogens is 334 g/mol. The second-order valence-corrected chi connectivity index (χ2v) is 10.4. The molecule has 1 aliphatic carbocycles. The molecule has 4 nitrogen and oxygen atoms in total. The molecule has 0 N–H and O–H groups in total. The Morgan fingerprint density at radius 1 is 1.23 bits per heavy atom. The van der Waals surface area contributed by atoms with Gasteiger partial charge in [0.05, 0.1) is 0 Å². The predicted molar refractivity (Wildman–Crippen MR) is 84.1 cm³/mol. The van der Waals surface area contributed by atoms with Gasteiger partial charge in [-0.1, -0.05) is 0 Å². The first kappa shape index (κ1) is 14.6. The molecule has 4 unspecified atom stereocenters. The van der Waals surface area contributed by atoms with Crippen molar-refractivity contribution in [2.24, 2.45) is 5.92 Å². The van der Waals surface area contributed by atoms with Crippen LogP contribution in [0.15, 0.2) is 24.3 Å². The molecule has 2 aliphatic heterocycles. The van der Waals surface area contributed by atoms with E-state index in [4.69, 9.17) is 12.3 Å². The summed E-state index contributed by atoms with van der Waals surface area (Å²) in [5.41, 5.74) is 0.673. The van der Waals surface area contributed by atoms with Gasteiger partial charge in [-0.15, -0.1) is 0 Å². The zero-order chi connectivity index (χ0) is 15.1. The van der Waals surface area contributed by atoms with Gasteiger partial charge in [0.15, 0.2) is 0 Å². The van der Waals surface area contributed by atoms with Crippen LogP contribution in [0.4, 0.5) is 0 Å². The van der Waals surface area contributed by atoms with Gasteiger partial charge >= 0.3 is 138 Å². The molecule has 0 radical (unpaired) electrons. The Morgan fingerprint density at radius 3 is 2.82 bits per heavy atom. The van der Waals surface area contributed by atoms with Crippen molar-refractivity contribution in [1.82, 2.24) is 3.61 Å². The average molecular weight is 355 g/mol. The molecule has 2 heterocycles. The first-order valence-electron chi connectivity index (χ1n) is 8.36. The van der Waals surface area contributed by atoms with Gasteiger partial charge in [-0.25, -0.2) is 0 Å². The fourth-order valence-corrected chi connectivity index (χ4v) is 9.83. The van der Waals surface area contributed by atoms with Crippen molar-refractivity contribution in [3.8, 4) is 11.8 Å². The van der Waals surface area contributed by atoms with E-state index >= 15 is 0 Å². The van der Waals surface area contributed by atoms with E-state index in [-0.39, 0.29) is 0 Å². The van der Waals surface area contributed by atoms with E-state index in [1.807, 2.05) is 24.3 Å². The third-order valence-corrected chi connectivity index (χ3v) is 10.5. The summed E-state index contributed by atoms with van der Waals surface area (Å²) in [4.78, 5) is 0. The first-order chi connectivity index (χ1) is 10.8. The summed E-state index contributed by atoms with van der Waals surface area (Å²) in [6.45, 7) is 2.33. The number of piperidine rings is 1. The SMILES string of the molecule is CC1CCC2CCCC3[O][Ga]([O]c4ccc(C#N)cc4)[N]1C23. The number of nitrogens with zero attached hydrogens (tertiary/aromatic N) is 2. The first-order valence-corrected chi connectivity index (χ1v) is 11.4. The van der Waals surface area contributed by atoms with Crippen LogP contribution in [0, 0.1) is 17.2 Å². The molecule has 5 heteroatoms. The van der Waals surface area contributed by atoms with E-state index in [9.17, 15) is 0 Å². The molecule has 1 saturated carbocycles. The fraction of sp³-hybridized carbons (Fsp3) is 0.588. The number of hydrogen-bond acceptors (Lipinski definition) is 4. The second kappa shape index (κ2) is 5.93. The summed E-state index contributed by atoms with van der Waals surface area (Å²) in [7, 11) is 0. The number of benzene rings is 1. The van der Waals surface area contributed by atoms with Crippen LogP contribution in [0.3, 0.4) is 0 Å². The molecule has 0 aromatic heterocycles. The molecule has 4 rings (SSSR count). The van der Waals surface area contributed by atoms with Crippen LogP contribution in [-0.4, -0.2) is 39.0 Å². The van der Waals surface area contributed by atoms with Crippen molar-refractivity contribution in [2.45, 2.75) is 57.2 Å². The summed E-state index contributed by atoms with van der Waals surface area (Å²) < 4.78 is 15.4. The van der Waals surface area contributed by atoms with Gasteiger partial charge in [0.1, 0.15) is 0 Å². The number of nitriles is 1. The van der Waals surface area contributed by atoms with Crippen LogP contribution in [0.5, 0.6) is 5.75 Å². The third kappa shape index (κ3) is 2.48. The van der Waals surface area contributed by atoms with E-state index in [0.717, 1.165) is 11.7 Å². The number of rotatable bonds is 2. The van der Waals surface area contributed by atoms with Crippen LogP contribution in [0.2, 0.25) is 0 Å². The Balaban J connectivity index is 1.55. The van der Waals surface area contributed by atoms with E-state index in [1.165, 1.54) is 32.1 Å². The molecule has 4 atom stereocenters. The Morgan fingerprint density at radius 2 is 2.05 bits per heavy atom. The van der Waals surface area contributed by atoms with E-state index in [0.29, 0.717) is 23.8 Å². The normalized spacial score (nSPS) is 34.1. The maximum absolute atomic E-state index is 8.89. The third-order valence-electron chi connectivity index (χ3n) is 5.49. The molecule has 3 aliphatic rings. The Bertz CT molecular complexity index is 585. The van der Waals surface area contributed by atoms with Crippen molar-refractivity contribution in [1.29, 1.82) is 5.26 Å². The number of hydrogen-bond donors (Lipinski definition) is 0. The molecule has 3 fully saturated rings. The predicted octanol–water partition coefficient (Wildman–Crippen LogP) is 2.97. The Hall–Kier alpha value is -0.934. The van der Waals surface area contributed by atoms with Gasteiger partial charge in [0.25, 0.3) is 0 Å². The molecule has 0 bridgehead atoms. The summed E-state index contributed by atoms with van der Waals surface area (Å²) in [6, 6.07) is 10.8. The Kier molecular flexibility index (Phi) is 3.95. The van der Waals surface area contributed by atoms with Crippen LogP contribution in [0.1, 0.15) is 44.6 Å². The van der Waals surface area contributed by atoms with E-state index < -0.39 is 17.2 Å². The summed E-state index contributed by atoms with van der Waals surface area (Å²) >= 11 is -2.40. The quantitative estimate of drug-likeness (QED) is 0.766. The molecule has 1 aromatic carbocycles. The zero-order valence-electron chi connectivity index (χ0n) is 12.9. The molecule has 0 amide bonds. The van der Waals surface area contributed by atoms with Crippen molar-refractivity contribution in [3.05, 3.63) is 29.8 Å². The topological polar surface area (TPSA) is 45.5 Å². The molecule has 114 valence electrons. The van der Waals surface area contributed by atoms with Crippen LogP contribution in [0.25, 0.3) is 0 Å². The minimum absolute atomic E-state index is 0.407. The summed E-state index contributed by atoms with van der Waals surface area (Å²) in [5, 5.41) is 8.89. The van der Waals surface area contributed by atoms with Crippen LogP contribution < -0.4 is 3.53 Å². The van der Waals surface area contributed by atoms with E-state index in [1.54, 1.807) is 0 Å². The zero-order valence-corrected chi connectivity index (χ0v) is 15.4. The molecule has 2 saturated heterocycles. The maximum atomic E-state index is 8.89. The van der Waals surface area contributed by atoms with Gasteiger partial charge in [-0.2, -0.15) is 0 Å². The minimum atomic E-state index is -2.40. The van der Waals surface area contributed by atoms with Gasteiger partial charge in [0, 0.05) is 0 Å². The molecular formula is C17H21GaN2O2. The fourth-order valence-electron chi connectivity index (χ4n) is 4.40. The average Bonchev–Trinajstić information content (AvgIpc) is 2.92. The molecule has 0 spiro atoms.